The molecular weight excluding hydrogens is 246 g/mol. The van der Waals surface area contributed by atoms with Crippen molar-refractivity contribution in [3.63, 3.8) is 0 Å². The molecule has 0 heterocycles. The summed E-state index contributed by atoms with van der Waals surface area (Å²) in [6.45, 7) is 1.70. The highest BCUT2D eigenvalue weighted by Gasteiger charge is 2.28. The second-order valence-electron chi connectivity index (χ2n) is 4.53. The van der Waals surface area contributed by atoms with Crippen molar-refractivity contribution in [2.24, 2.45) is 0 Å². The van der Waals surface area contributed by atoms with Gasteiger partial charge in [0.25, 0.3) is 5.91 Å². The van der Waals surface area contributed by atoms with Gasteiger partial charge in [-0.2, -0.15) is 0 Å². The summed E-state index contributed by atoms with van der Waals surface area (Å²) in [5, 5.41) is 21.3. The SMILES string of the molecule is CCC(CO)(CO)NC(=O)c1ccc(COC)cc1. The van der Waals surface area contributed by atoms with Crippen LogP contribution in [0.15, 0.2) is 24.3 Å². The van der Waals surface area contributed by atoms with Crippen LogP contribution in [0.5, 0.6) is 0 Å². The Kier molecular flexibility index (Phi) is 5.95. The zero-order valence-corrected chi connectivity index (χ0v) is 11.3. The number of benzene rings is 1. The van der Waals surface area contributed by atoms with E-state index in [-0.39, 0.29) is 19.1 Å². The summed E-state index contributed by atoms with van der Waals surface area (Å²) in [4.78, 5) is 12.0. The largest absolute Gasteiger partial charge is 0.394 e. The van der Waals surface area contributed by atoms with Gasteiger partial charge in [-0.25, -0.2) is 0 Å². The Morgan fingerprint density at radius 3 is 2.26 bits per heavy atom. The summed E-state index contributed by atoms with van der Waals surface area (Å²) in [6.07, 6.45) is 0.452. The molecule has 106 valence electrons. The predicted molar refractivity (Wildman–Crippen MR) is 71.8 cm³/mol. The molecule has 3 N–H and O–H groups in total. The fourth-order valence-electron chi connectivity index (χ4n) is 1.67. The smallest absolute Gasteiger partial charge is 0.251 e. The van der Waals surface area contributed by atoms with Gasteiger partial charge in [0.15, 0.2) is 0 Å². The van der Waals surface area contributed by atoms with Crippen LogP contribution in [0.3, 0.4) is 0 Å². The summed E-state index contributed by atoms with van der Waals surface area (Å²) in [5.74, 6) is -0.311. The fraction of sp³-hybridized carbons (Fsp3) is 0.500. The quantitative estimate of drug-likeness (QED) is 0.679. The second-order valence-corrected chi connectivity index (χ2v) is 4.53. The van der Waals surface area contributed by atoms with E-state index in [0.29, 0.717) is 18.6 Å². The van der Waals surface area contributed by atoms with Crippen LogP contribution in [-0.2, 0) is 11.3 Å². The Hall–Kier alpha value is -1.43. The maximum atomic E-state index is 12.0. The number of carbonyl (C=O) groups excluding carboxylic acids is 1. The third-order valence-corrected chi connectivity index (χ3v) is 3.19. The molecule has 0 saturated heterocycles. The molecule has 1 aromatic carbocycles. The van der Waals surface area contributed by atoms with Crippen molar-refractivity contribution in [2.75, 3.05) is 20.3 Å². The zero-order chi connectivity index (χ0) is 14.3. The summed E-state index contributed by atoms with van der Waals surface area (Å²) < 4.78 is 4.99. The van der Waals surface area contributed by atoms with Crippen LogP contribution in [0.1, 0.15) is 29.3 Å². The van der Waals surface area contributed by atoms with Crippen molar-refractivity contribution in [2.45, 2.75) is 25.5 Å². The normalized spacial score (nSPS) is 11.4. The fourth-order valence-corrected chi connectivity index (χ4v) is 1.67. The van der Waals surface area contributed by atoms with Gasteiger partial charge in [-0.15, -0.1) is 0 Å². The van der Waals surface area contributed by atoms with E-state index < -0.39 is 5.54 Å². The third-order valence-electron chi connectivity index (χ3n) is 3.19. The van der Waals surface area contributed by atoms with Crippen molar-refractivity contribution in [1.29, 1.82) is 0 Å². The van der Waals surface area contributed by atoms with Crippen LogP contribution in [0.4, 0.5) is 0 Å². The standard InChI is InChI=1S/C14H21NO4/c1-3-14(9-16,10-17)15-13(18)12-6-4-11(5-7-12)8-19-2/h4-7,16-17H,3,8-10H2,1-2H3,(H,15,18). The third kappa shape index (κ3) is 4.02. The minimum absolute atomic E-state index is 0.298. The molecule has 0 unspecified atom stereocenters. The first kappa shape index (κ1) is 15.6. The number of hydrogen-bond donors (Lipinski definition) is 3. The minimum atomic E-state index is -0.970. The van der Waals surface area contributed by atoms with Crippen LogP contribution in [-0.4, -0.2) is 42.0 Å². The number of hydrogen-bond acceptors (Lipinski definition) is 4. The van der Waals surface area contributed by atoms with E-state index in [1.807, 2.05) is 12.1 Å². The zero-order valence-electron chi connectivity index (χ0n) is 11.3. The maximum absolute atomic E-state index is 12.0. The average molecular weight is 267 g/mol. The van der Waals surface area contributed by atoms with E-state index >= 15 is 0 Å². The number of methoxy groups -OCH3 is 1. The summed E-state index contributed by atoms with van der Waals surface area (Å²) >= 11 is 0. The first-order valence-corrected chi connectivity index (χ1v) is 6.23. The molecule has 1 rings (SSSR count). The van der Waals surface area contributed by atoms with Gasteiger partial charge in [0, 0.05) is 12.7 Å². The number of ether oxygens (including phenoxy) is 1. The van der Waals surface area contributed by atoms with E-state index in [4.69, 9.17) is 4.74 Å². The molecule has 5 nitrogen and oxygen atoms in total. The molecule has 0 atom stereocenters. The number of carbonyl (C=O) groups is 1. The van der Waals surface area contributed by atoms with Gasteiger partial charge in [-0.05, 0) is 24.1 Å². The predicted octanol–water partition coefficient (Wildman–Crippen LogP) is 0.696. The van der Waals surface area contributed by atoms with Crippen LogP contribution in [0.25, 0.3) is 0 Å². The highest BCUT2D eigenvalue weighted by Crippen LogP contribution is 2.11. The molecule has 1 aromatic rings. The molecule has 0 aromatic heterocycles. The number of amides is 1. The molecule has 1 amide bonds. The second kappa shape index (κ2) is 7.23. The maximum Gasteiger partial charge on any atom is 0.251 e. The lowest BCUT2D eigenvalue weighted by Crippen LogP contribution is -2.53. The Morgan fingerprint density at radius 2 is 1.84 bits per heavy atom. The average Bonchev–Trinajstić information content (AvgIpc) is 2.46. The lowest BCUT2D eigenvalue weighted by atomic mass is 9.97. The number of nitrogens with one attached hydrogen (secondary N) is 1. The van der Waals surface area contributed by atoms with Gasteiger partial charge >= 0.3 is 0 Å². The molecule has 0 bridgehead atoms. The Labute approximate surface area is 113 Å². The molecule has 0 spiro atoms. The molecular formula is C14H21NO4. The Bertz CT molecular complexity index is 390. The van der Waals surface area contributed by atoms with Crippen molar-refractivity contribution in [3.05, 3.63) is 35.4 Å². The van der Waals surface area contributed by atoms with E-state index in [9.17, 15) is 15.0 Å². The number of aliphatic hydroxyl groups excluding tert-OH is 2. The van der Waals surface area contributed by atoms with Crippen molar-refractivity contribution in [3.8, 4) is 0 Å². The van der Waals surface area contributed by atoms with E-state index in [2.05, 4.69) is 5.32 Å². The molecule has 0 fully saturated rings. The Balaban J connectivity index is 2.77. The number of rotatable bonds is 7. The van der Waals surface area contributed by atoms with E-state index in [1.54, 1.807) is 26.2 Å². The molecule has 0 aliphatic rings. The summed E-state index contributed by atoms with van der Waals surface area (Å²) in [5.41, 5.74) is 0.493. The van der Waals surface area contributed by atoms with Gasteiger partial charge in [0.1, 0.15) is 0 Å². The van der Waals surface area contributed by atoms with Gasteiger partial charge in [-0.1, -0.05) is 19.1 Å². The van der Waals surface area contributed by atoms with Crippen LogP contribution < -0.4 is 5.32 Å². The van der Waals surface area contributed by atoms with Gasteiger partial charge in [0.05, 0.1) is 25.4 Å². The first-order valence-electron chi connectivity index (χ1n) is 6.23. The molecule has 0 aliphatic heterocycles. The van der Waals surface area contributed by atoms with Crippen molar-refractivity contribution >= 4 is 5.91 Å². The minimum Gasteiger partial charge on any atom is -0.394 e. The van der Waals surface area contributed by atoms with Gasteiger partial charge in [0.2, 0.25) is 0 Å². The van der Waals surface area contributed by atoms with E-state index in [0.717, 1.165) is 5.56 Å². The highest BCUT2D eigenvalue weighted by molar-refractivity contribution is 5.94. The topological polar surface area (TPSA) is 78.8 Å². The van der Waals surface area contributed by atoms with Crippen LogP contribution in [0.2, 0.25) is 0 Å². The van der Waals surface area contributed by atoms with E-state index in [1.165, 1.54) is 0 Å². The summed E-state index contributed by atoms with van der Waals surface area (Å²) in [6, 6.07) is 7.01. The molecule has 0 saturated carbocycles. The molecule has 0 aliphatic carbocycles. The highest BCUT2D eigenvalue weighted by atomic mass is 16.5. The lowest BCUT2D eigenvalue weighted by molar-refractivity contribution is 0.0653. The van der Waals surface area contributed by atoms with Crippen molar-refractivity contribution < 1.29 is 19.7 Å². The van der Waals surface area contributed by atoms with Gasteiger partial charge < -0.3 is 20.3 Å². The lowest BCUT2D eigenvalue weighted by Gasteiger charge is -2.29. The Morgan fingerprint density at radius 1 is 1.26 bits per heavy atom. The van der Waals surface area contributed by atoms with Gasteiger partial charge in [-0.3, -0.25) is 4.79 Å². The van der Waals surface area contributed by atoms with Crippen LogP contribution in [0, 0.1) is 0 Å². The molecule has 19 heavy (non-hydrogen) atoms. The monoisotopic (exact) mass is 267 g/mol. The summed E-state index contributed by atoms with van der Waals surface area (Å²) in [7, 11) is 1.61. The molecule has 0 radical (unpaired) electrons. The molecule has 5 heteroatoms. The number of aliphatic hydroxyl groups is 2. The van der Waals surface area contributed by atoms with Crippen molar-refractivity contribution in [1.82, 2.24) is 5.32 Å². The van der Waals surface area contributed by atoms with Crippen LogP contribution >= 0.6 is 0 Å². The first-order chi connectivity index (χ1) is 9.10.